The van der Waals surface area contributed by atoms with E-state index in [1.807, 2.05) is 24.3 Å². The number of hydrogen-bond acceptors (Lipinski definition) is 4. The van der Waals surface area contributed by atoms with Crippen LogP contribution in [0.4, 0.5) is 0 Å². The van der Waals surface area contributed by atoms with E-state index in [1.165, 1.54) is 4.68 Å². The second kappa shape index (κ2) is 10.1. The number of fused-ring (bicyclic) bond motifs is 1. The number of unbranched alkanes of at least 4 members (excludes halogenated alkanes) is 2. The van der Waals surface area contributed by atoms with Crippen molar-refractivity contribution in [2.45, 2.75) is 52.0 Å². The number of benzene rings is 2. The van der Waals surface area contributed by atoms with Gasteiger partial charge in [-0.1, -0.05) is 66.0 Å². The van der Waals surface area contributed by atoms with E-state index in [2.05, 4.69) is 38.8 Å². The van der Waals surface area contributed by atoms with E-state index in [9.17, 15) is 14.4 Å². The van der Waals surface area contributed by atoms with Gasteiger partial charge in [0, 0.05) is 16.4 Å². The van der Waals surface area contributed by atoms with Gasteiger partial charge < -0.3 is 0 Å². The van der Waals surface area contributed by atoms with Crippen LogP contribution in [0.5, 0.6) is 0 Å². The largest absolute Gasteiger partial charge is 0.290 e. The quantitative estimate of drug-likeness (QED) is 0.379. The first-order valence-electron chi connectivity index (χ1n) is 10.6. The molecule has 0 aliphatic rings. The summed E-state index contributed by atoms with van der Waals surface area (Å²) in [5.74, 6) is -0.945. The summed E-state index contributed by atoms with van der Waals surface area (Å²) in [4.78, 5) is 38.6. The lowest BCUT2D eigenvalue weighted by Gasteiger charge is -2.24. The van der Waals surface area contributed by atoms with Crippen LogP contribution in [-0.4, -0.2) is 21.6 Å². The highest BCUT2D eigenvalue weighted by molar-refractivity contribution is 9.10. The number of halogens is 1. The fourth-order valence-corrected chi connectivity index (χ4v) is 3.66. The zero-order valence-corrected chi connectivity index (χ0v) is 20.0. The van der Waals surface area contributed by atoms with Gasteiger partial charge in [0.2, 0.25) is 5.91 Å². The van der Waals surface area contributed by atoms with Crippen LogP contribution in [0.15, 0.2) is 57.8 Å². The predicted molar refractivity (Wildman–Crippen MR) is 128 cm³/mol. The molecular formula is C24H27BrN4O3. The lowest BCUT2D eigenvalue weighted by molar-refractivity contribution is -0.126. The molecular weight excluding hydrogens is 472 g/mol. The van der Waals surface area contributed by atoms with E-state index in [1.54, 1.807) is 38.1 Å². The topological polar surface area (TPSA) is 93.1 Å². The van der Waals surface area contributed by atoms with E-state index in [0.717, 1.165) is 29.3 Å². The molecule has 2 N–H and O–H groups in total. The minimum Gasteiger partial charge on any atom is -0.272 e. The zero-order chi connectivity index (χ0) is 23.3. The van der Waals surface area contributed by atoms with E-state index in [4.69, 9.17) is 0 Å². The summed E-state index contributed by atoms with van der Waals surface area (Å²) >= 11 is 3.39. The lowest BCUT2D eigenvalue weighted by atomic mass is 9.84. The summed E-state index contributed by atoms with van der Waals surface area (Å²) in [6.07, 6.45) is 2.76. The van der Waals surface area contributed by atoms with Gasteiger partial charge >= 0.3 is 0 Å². The van der Waals surface area contributed by atoms with Gasteiger partial charge in [0.15, 0.2) is 5.69 Å². The van der Waals surface area contributed by atoms with Crippen molar-refractivity contribution in [3.8, 4) is 0 Å². The Morgan fingerprint density at radius 3 is 2.31 bits per heavy atom. The number of amides is 2. The first kappa shape index (κ1) is 23.7. The lowest BCUT2D eigenvalue weighted by Crippen LogP contribution is -2.49. The van der Waals surface area contributed by atoms with Crippen LogP contribution in [0.2, 0.25) is 0 Å². The Morgan fingerprint density at radius 2 is 1.66 bits per heavy atom. The third kappa shape index (κ3) is 5.07. The van der Waals surface area contributed by atoms with Crippen molar-refractivity contribution in [3.05, 3.63) is 74.6 Å². The van der Waals surface area contributed by atoms with Crippen molar-refractivity contribution in [2.24, 2.45) is 0 Å². The molecule has 0 saturated carbocycles. The highest BCUT2D eigenvalue weighted by Gasteiger charge is 2.30. The molecule has 0 aliphatic heterocycles. The maximum absolute atomic E-state index is 13.0. The van der Waals surface area contributed by atoms with E-state index < -0.39 is 11.3 Å². The van der Waals surface area contributed by atoms with Gasteiger partial charge in [0.25, 0.3) is 11.5 Å². The molecule has 32 heavy (non-hydrogen) atoms. The highest BCUT2D eigenvalue weighted by Crippen LogP contribution is 2.25. The number of nitrogens with one attached hydrogen (secondary N) is 2. The number of hydrogen-bond donors (Lipinski definition) is 2. The van der Waals surface area contributed by atoms with Crippen molar-refractivity contribution in [2.75, 3.05) is 0 Å². The van der Waals surface area contributed by atoms with Gasteiger partial charge in [-0.15, -0.1) is 0 Å². The number of nitrogens with zero attached hydrogens (tertiary/aromatic N) is 2. The Labute approximate surface area is 195 Å². The number of carbonyl (C=O) groups excluding carboxylic acids is 2. The molecule has 2 amide bonds. The van der Waals surface area contributed by atoms with E-state index in [0.29, 0.717) is 17.3 Å². The summed E-state index contributed by atoms with van der Waals surface area (Å²) in [6.45, 7) is 6.06. The summed E-state index contributed by atoms with van der Waals surface area (Å²) in [6, 6.07) is 14.3. The van der Waals surface area contributed by atoms with Crippen molar-refractivity contribution in [3.63, 3.8) is 0 Å². The van der Waals surface area contributed by atoms with E-state index >= 15 is 0 Å². The Bertz CT molecular complexity index is 1190. The zero-order valence-electron chi connectivity index (χ0n) is 18.4. The van der Waals surface area contributed by atoms with Gasteiger partial charge in [0.05, 0.1) is 10.8 Å². The third-order valence-electron chi connectivity index (χ3n) is 5.48. The summed E-state index contributed by atoms with van der Waals surface area (Å²) < 4.78 is 2.25. The van der Waals surface area contributed by atoms with Crippen LogP contribution in [0.3, 0.4) is 0 Å². The standard InChI is InChI=1S/C24H27BrN4O3/c1-4-5-8-15-29-22(31)19-10-7-6-9-18(19)20(28-29)21(30)26-27-23(32)24(2,3)16-11-13-17(25)14-12-16/h6-7,9-14H,4-5,8,15H2,1-3H3,(H,26,30)(H,27,32). The second-order valence-electron chi connectivity index (χ2n) is 8.17. The molecule has 3 rings (SSSR count). The van der Waals surface area contributed by atoms with Crippen LogP contribution in [0.25, 0.3) is 10.8 Å². The van der Waals surface area contributed by atoms with Crippen molar-refractivity contribution in [1.29, 1.82) is 0 Å². The second-order valence-corrected chi connectivity index (χ2v) is 9.09. The highest BCUT2D eigenvalue weighted by atomic mass is 79.9. The summed E-state index contributed by atoms with van der Waals surface area (Å²) in [7, 11) is 0. The Morgan fingerprint density at radius 1 is 1.00 bits per heavy atom. The first-order valence-corrected chi connectivity index (χ1v) is 11.4. The fraction of sp³-hybridized carbons (Fsp3) is 0.333. The minimum atomic E-state index is -0.873. The summed E-state index contributed by atoms with van der Waals surface area (Å²) in [5, 5.41) is 5.19. The van der Waals surface area contributed by atoms with Crippen molar-refractivity contribution >= 4 is 38.5 Å². The molecule has 0 bridgehead atoms. The number of aromatic nitrogens is 2. The fourth-order valence-electron chi connectivity index (χ4n) is 3.39. The molecule has 8 heteroatoms. The van der Waals surface area contributed by atoms with Crippen LogP contribution in [0, 0.1) is 0 Å². The van der Waals surface area contributed by atoms with Crippen molar-refractivity contribution < 1.29 is 9.59 Å². The number of carbonyl (C=O) groups is 2. The molecule has 0 aliphatic carbocycles. The maximum Gasteiger partial charge on any atom is 0.290 e. The number of aryl methyl sites for hydroxylation is 1. The summed E-state index contributed by atoms with van der Waals surface area (Å²) in [5.41, 5.74) is 4.78. The molecule has 1 heterocycles. The van der Waals surface area contributed by atoms with Gasteiger partial charge in [-0.2, -0.15) is 5.10 Å². The third-order valence-corrected chi connectivity index (χ3v) is 6.01. The molecule has 3 aromatic rings. The normalized spacial score (nSPS) is 11.4. The molecule has 168 valence electrons. The molecule has 0 saturated heterocycles. The van der Waals surface area contributed by atoms with Gasteiger partial charge in [-0.3, -0.25) is 25.2 Å². The van der Waals surface area contributed by atoms with Gasteiger partial charge in [-0.05, 0) is 44.0 Å². The Kier molecular flexibility index (Phi) is 7.45. The minimum absolute atomic E-state index is 0.0958. The monoisotopic (exact) mass is 498 g/mol. The molecule has 0 radical (unpaired) electrons. The average Bonchev–Trinajstić information content (AvgIpc) is 2.79. The smallest absolute Gasteiger partial charge is 0.272 e. The van der Waals surface area contributed by atoms with Gasteiger partial charge in [0.1, 0.15) is 0 Å². The Balaban J connectivity index is 1.83. The molecule has 7 nitrogen and oxygen atoms in total. The van der Waals surface area contributed by atoms with E-state index in [-0.39, 0.29) is 17.2 Å². The molecule has 0 spiro atoms. The Hall–Kier alpha value is -3.00. The number of hydrazine groups is 1. The SMILES string of the molecule is CCCCCn1nc(C(=O)NNC(=O)C(C)(C)c2ccc(Br)cc2)c2ccccc2c1=O. The molecule has 2 aromatic carbocycles. The molecule has 0 unspecified atom stereocenters. The van der Waals surface area contributed by atoms with Crippen molar-refractivity contribution in [1.82, 2.24) is 20.6 Å². The molecule has 0 fully saturated rings. The van der Waals surface area contributed by atoms with Crippen LogP contribution < -0.4 is 16.4 Å². The molecule has 1 aromatic heterocycles. The van der Waals surface area contributed by atoms with Crippen LogP contribution in [-0.2, 0) is 16.8 Å². The van der Waals surface area contributed by atoms with Crippen LogP contribution in [0.1, 0.15) is 56.1 Å². The van der Waals surface area contributed by atoms with Gasteiger partial charge in [-0.25, -0.2) is 4.68 Å². The molecule has 0 atom stereocenters. The van der Waals surface area contributed by atoms with Crippen LogP contribution >= 0.6 is 15.9 Å². The maximum atomic E-state index is 13.0. The first-order chi connectivity index (χ1) is 15.3. The predicted octanol–water partition coefficient (Wildman–Crippen LogP) is 4.09. The average molecular weight is 499 g/mol. The number of rotatable bonds is 7.